The maximum atomic E-state index is 12.7. The van der Waals surface area contributed by atoms with E-state index < -0.39 is 10.0 Å². The maximum absolute atomic E-state index is 12.7. The van der Waals surface area contributed by atoms with E-state index in [1.165, 1.54) is 30.0 Å². The number of amides is 1. The van der Waals surface area contributed by atoms with Crippen molar-refractivity contribution in [2.75, 3.05) is 32.7 Å². The Morgan fingerprint density at radius 1 is 1.00 bits per heavy atom. The average molecular weight is 458 g/mol. The molecule has 1 amide bonds. The van der Waals surface area contributed by atoms with E-state index in [9.17, 15) is 13.2 Å². The van der Waals surface area contributed by atoms with Crippen LogP contribution in [-0.2, 0) is 14.8 Å². The molecule has 0 unspecified atom stereocenters. The number of nitrogens with zero attached hydrogens (tertiary/aromatic N) is 2. The van der Waals surface area contributed by atoms with E-state index >= 15 is 0 Å². The molecule has 3 rings (SSSR count). The van der Waals surface area contributed by atoms with Crippen LogP contribution in [0.4, 0.5) is 0 Å². The van der Waals surface area contributed by atoms with Crippen molar-refractivity contribution in [1.29, 1.82) is 0 Å². The SMILES string of the molecule is O=C(CN1CCN(S(=O)(=O)c2ccc(Br)cc2)CC1)NC1CCCCCC1. The number of rotatable bonds is 5. The van der Waals surface area contributed by atoms with Crippen LogP contribution in [0.3, 0.4) is 0 Å². The summed E-state index contributed by atoms with van der Waals surface area (Å²) in [5.74, 6) is 0.0612. The first-order valence-electron chi connectivity index (χ1n) is 9.72. The molecule has 2 aliphatic rings. The van der Waals surface area contributed by atoms with Crippen molar-refractivity contribution in [3.63, 3.8) is 0 Å². The molecular weight excluding hydrogens is 430 g/mol. The van der Waals surface area contributed by atoms with Crippen LogP contribution in [0.15, 0.2) is 33.6 Å². The molecule has 1 saturated carbocycles. The van der Waals surface area contributed by atoms with E-state index in [2.05, 4.69) is 21.2 Å². The van der Waals surface area contributed by atoms with E-state index in [0.29, 0.717) is 43.7 Å². The molecule has 0 atom stereocenters. The summed E-state index contributed by atoms with van der Waals surface area (Å²) in [6, 6.07) is 7.01. The molecule has 0 bridgehead atoms. The standard InChI is InChI=1S/C19H28BrN3O3S/c20-16-7-9-18(10-8-16)27(25,26)23-13-11-22(12-14-23)15-19(24)21-17-5-3-1-2-4-6-17/h7-10,17H,1-6,11-15H2,(H,21,24). The number of nitrogens with one attached hydrogen (secondary N) is 1. The second-order valence-electron chi connectivity index (χ2n) is 7.39. The predicted octanol–water partition coefficient (Wildman–Crippen LogP) is 2.59. The molecule has 150 valence electrons. The summed E-state index contributed by atoms with van der Waals surface area (Å²) < 4.78 is 27.8. The summed E-state index contributed by atoms with van der Waals surface area (Å²) in [6.07, 6.45) is 7.06. The Labute approximate surface area is 170 Å². The van der Waals surface area contributed by atoms with Gasteiger partial charge < -0.3 is 5.32 Å². The van der Waals surface area contributed by atoms with Crippen molar-refractivity contribution in [2.24, 2.45) is 0 Å². The summed E-state index contributed by atoms with van der Waals surface area (Å²) in [6.45, 7) is 2.33. The number of carbonyl (C=O) groups excluding carboxylic acids is 1. The molecule has 1 saturated heterocycles. The molecule has 0 spiro atoms. The number of piperazine rings is 1. The molecule has 0 radical (unpaired) electrons. The van der Waals surface area contributed by atoms with Gasteiger partial charge in [0.15, 0.2) is 0 Å². The second-order valence-corrected chi connectivity index (χ2v) is 10.2. The Kier molecular flexibility index (Phi) is 7.30. The molecule has 1 aliphatic carbocycles. The fourth-order valence-corrected chi connectivity index (χ4v) is 5.47. The molecule has 27 heavy (non-hydrogen) atoms. The minimum atomic E-state index is -3.47. The largest absolute Gasteiger partial charge is 0.352 e. The minimum Gasteiger partial charge on any atom is -0.352 e. The lowest BCUT2D eigenvalue weighted by atomic mass is 10.1. The van der Waals surface area contributed by atoms with E-state index in [4.69, 9.17) is 0 Å². The predicted molar refractivity (Wildman–Crippen MR) is 109 cm³/mol. The lowest BCUT2D eigenvalue weighted by Crippen LogP contribution is -2.51. The van der Waals surface area contributed by atoms with Gasteiger partial charge in [0, 0.05) is 36.7 Å². The number of benzene rings is 1. The lowest BCUT2D eigenvalue weighted by molar-refractivity contribution is -0.123. The highest BCUT2D eigenvalue weighted by Crippen LogP contribution is 2.20. The Balaban J connectivity index is 1.48. The number of hydrogen-bond donors (Lipinski definition) is 1. The fraction of sp³-hybridized carbons (Fsp3) is 0.632. The van der Waals surface area contributed by atoms with Crippen molar-refractivity contribution in [3.05, 3.63) is 28.7 Å². The van der Waals surface area contributed by atoms with Crippen LogP contribution in [-0.4, -0.2) is 62.3 Å². The van der Waals surface area contributed by atoms with Gasteiger partial charge in [-0.3, -0.25) is 9.69 Å². The summed E-state index contributed by atoms with van der Waals surface area (Å²) in [7, 11) is -3.47. The third-order valence-corrected chi connectivity index (χ3v) is 7.81. The smallest absolute Gasteiger partial charge is 0.243 e. The zero-order chi connectivity index (χ0) is 19.3. The quantitative estimate of drug-likeness (QED) is 0.689. The normalized spacial score (nSPS) is 20.9. The van der Waals surface area contributed by atoms with Crippen LogP contribution >= 0.6 is 15.9 Å². The monoisotopic (exact) mass is 457 g/mol. The average Bonchev–Trinajstić information content (AvgIpc) is 2.91. The van der Waals surface area contributed by atoms with Gasteiger partial charge in [0.2, 0.25) is 15.9 Å². The first-order valence-corrected chi connectivity index (χ1v) is 12.0. The highest BCUT2D eigenvalue weighted by Gasteiger charge is 2.29. The van der Waals surface area contributed by atoms with Gasteiger partial charge >= 0.3 is 0 Å². The zero-order valence-electron chi connectivity index (χ0n) is 15.6. The molecule has 8 heteroatoms. The highest BCUT2D eigenvalue weighted by atomic mass is 79.9. The maximum Gasteiger partial charge on any atom is 0.243 e. The summed E-state index contributed by atoms with van der Waals surface area (Å²) in [5.41, 5.74) is 0. The molecule has 6 nitrogen and oxygen atoms in total. The Hall–Kier alpha value is -0.960. The van der Waals surface area contributed by atoms with Crippen LogP contribution in [0.5, 0.6) is 0 Å². The Morgan fingerprint density at radius 2 is 1.59 bits per heavy atom. The summed E-state index contributed by atoms with van der Waals surface area (Å²) >= 11 is 3.33. The van der Waals surface area contributed by atoms with Crippen molar-refractivity contribution in [2.45, 2.75) is 49.5 Å². The van der Waals surface area contributed by atoms with Crippen molar-refractivity contribution in [1.82, 2.24) is 14.5 Å². The first-order chi connectivity index (χ1) is 12.9. The van der Waals surface area contributed by atoms with Gasteiger partial charge in [0.25, 0.3) is 0 Å². The zero-order valence-corrected chi connectivity index (χ0v) is 18.0. The molecule has 1 heterocycles. The molecule has 1 aromatic rings. The van der Waals surface area contributed by atoms with Crippen LogP contribution in [0, 0.1) is 0 Å². The van der Waals surface area contributed by atoms with E-state index in [-0.39, 0.29) is 5.91 Å². The van der Waals surface area contributed by atoms with Gasteiger partial charge in [-0.2, -0.15) is 4.31 Å². The minimum absolute atomic E-state index is 0.0612. The van der Waals surface area contributed by atoms with Crippen LogP contribution in [0.2, 0.25) is 0 Å². The second kappa shape index (κ2) is 9.49. The third kappa shape index (κ3) is 5.76. The summed E-state index contributed by atoms with van der Waals surface area (Å²) in [4.78, 5) is 14.7. The van der Waals surface area contributed by atoms with E-state index in [0.717, 1.165) is 17.3 Å². The van der Waals surface area contributed by atoms with E-state index in [1.54, 1.807) is 24.3 Å². The van der Waals surface area contributed by atoms with Gasteiger partial charge in [-0.25, -0.2) is 8.42 Å². The van der Waals surface area contributed by atoms with Gasteiger partial charge in [0.05, 0.1) is 11.4 Å². The highest BCUT2D eigenvalue weighted by molar-refractivity contribution is 9.10. The third-order valence-electron chi connectivity index (χ3n) is 5.37. The number of carbonyl (C=O) groups is 1. The van der Waals surface area contributed by atoms with Crippen LogP contribution < -0.4 is 5.32 Å². The molecule has 1 N–H and O–H groups in total. The molecule has 2 fully saturated rings. The molecular formula is C19H28BrN3O3S. The number of halogens is 1. The number of hydrogen-bond acceptors (Lipinski definition) is 4. The fourth-order valence-electron chi connectivity index (χ4n) is 3.78. The van der Waals surface area contributed by atoms with Gasteiger partial charge in [0.1, 0.15) is 0 Å². The van der Waals surface area contributed by atoms with Gasteiger partial charge in [-0.15, -0.1) is 0 Å². The topological polar surface area (TPSA) is 69.7 Å². The van der Waals surface area contributed by atoms with Gasteiger partial charge in [-0.05, 0) is 37.1 Å². The van der Waals surface area contributed by atoms with Crippen LogP contribution in [0.25, 0.3) is 0 Å². The van der Waals surface area contributed by atoms with Crippen molar-refractivity contribution in [3.8, 4) is 0 Å². The first kappa shape index (κ1) is 20.8. The van der Waals surface area contributed by atoms with E-state index in [1.807, 2.05) is 4.90 Å². The lowest BCUT2D eigenvalue weighted by Gasteiger charge is -2.33. The van der Waals surface area contributed by atoms with Crippen molar-refractivity contribution >= 4 is 31.9 Å². The molecule has 1 aromatic carbocycles. The Bertz CT molecular complexity index is 723. The Morgan fingerprint density at radius 3 is 2.19 bits per heavy atom. The van der Waals surface area contributed by atoms with Crippen LogP contribution in [0.1, 0.15) is 38.5 Å². The number of sulfonamides is 1. The summed E-state index contributed by atoms with van der Waals surface area (Å²) in [5, 5.41) is 3.16. The van der Waals surface area contributed by atoms with Crippen molar-refractivity contribution < 1.29 is 13.2 Å². The molecule has 0 aromatic heterocycles. The van der Waals surface area contributed by atoms with Gasteiger partial charge in [-0.1, -0.05) is 41.6 Å². The molecule has 1 aliphatic heterocycles.